The molecule has 0 spiro atoms. The van der Waals surface area contributed by atoms with Crippen LogP contribution < -0.4 is 5.56 Å². The summed E-state index contributed by atoms with van der Waals surface area (Å²) >= 11 is 6.92. The van der Waals surface area contributed by atoms with Crippen molar-refractivity contribution < 1.29 is 0 Å². The van der Waals surface area contributed by atoms with Gasteiger partial charge in [0.25, 0.3) is 5.56 Å². The Hall–Kier alpha value is -0.980. The molecule has 2 aliphatic heterocycles. The molecule has 2 aromatic heterocycles. The van der Waals surface area contributed by atoms with Crippen molar-refractivity contribution in [2.45, 2.75) is 31.3 Å². The van der Waals surface area contributed by atoms with E-state index in [9.17, 15) is 4.79 Å². The number of hydrogen-bond acceptors (Lipinski definition) is 4. The number of rotatable bonds is 1. The summed E-state index contributed by atoms with van der Waals surface area (Å²) in [4.78, 5) is 18.4. The van der Waals surface area contributed by atoms with Gasteiger partial charge in [0.05, 0.1) is 11.6 Å². The predicted octanol–water partition coefficient (Wildman–Crippen LogP) is 2.53. The van der Waals surface area contributed by atoms with Gasteiger partial charge in [0, 0.05) is 12.6 Å². The van der Waals surface area contributed by atoms with Gasteiger partial charge < -0.3 is 4.98 Å². The summed E-state index contributed by atoms with van der Waals surface area (Å²) in [5.41, 5.74) is 0.963. The van der Waals surface area contributed by atoms with Crippen molar-refractivity contribution in [2.24, 2.45) is 0 Å². The van der Waals surface area contributed by atoms with Crippen LogP contribution in [0.1, 0.15) is 25.3 Å². The molecule has 0 radical (unpaired) electrons. The highest BCUT2D eigenvalue weighted by Crippen LogP contribution is 2.35. The monoisotopic (exact) mass is 293 g/mol. The Labute approximate surface area is 119 Å². The molecule has 2 fully saturated rings. The van der Waals surface area contributed by atoms with Crippen LogP contribution in [0.3, 0.4) is 0 Å². The molecule has 0 saturated carbocycles. The summed E-state index contributed by atoms with van der Waals surface area (Å²) in [6.45, 7) is 2.27. The number of fused-ring (bicyclic) bond motifs is 2. The third-order valence-electron chi connectivity index (χ3n) is 4.44. The van der Waals surface area contributed by atoms with Crippen molar-refractivity contribution in [1.82, 2.24) is 14.5 Å². The summed E-state index contributed by atoms with van der Waals surface area (Å²) in [6.07, 6.45) is 3.47. The quantitative estimate of drug-likeness (QED) is 0.822. The first-order valence-corrected chi connectivity index (χ1v) is 8.00. The highest BCUT2D eigenvalue weighted by Gasteiger charge is 2.39. The molecule has 2 aromatic rings. The maximum absolute atomic E-state index is 12.7. The maximum Gasteiger partial charge on any atom is 0.272 e. The van der Waals surface area contributed by atoms with E-state index >= 15 is 0 Å². The van der Waals surface area contributed by atoms with Crippen molar-refractivity contribution in [3.63, 3.8) is 0 Å². The molecule has 4 nitrogen and oxygen atoms in total. The number of nitrogens with one attached hydrogen (secondary N) is 1. The first kappa shape index (κ1) is 11.8. The van der Waals surface area contributed by atoms with Crippen LogP contribution in [0.25, 0.3) is 10.2 Å². The number of aromatic nitrogens is 2. The number of H-pyrrole nitrogens is 1. The smallest absolute Gasteiger partial charge is 0.272 e. The highest BCUT2D eigenvalue weighted by atomic mass is 32.1. The second-order valence-corrected chi connectivity index (χ2v) is 6.67. The first-order valence-electron chi connectivity index (χ1n) is 6.72. The van der Waals surface area contributed by atoms with Gasteiger partial charge >= 0.3 is 0 Å². The third-order valence-corrected chi connectivity index (χ3v) is 5.64. The number of thiophene rings is 1. The molecule has 100 valence electrons. The van der Waals surface area contributed by atoms with Crippen LogP contribution in [-0.4, -0.2) is 33.6 Å². The van der Waals surface area contributed by atoms with E-state index in [0.717, 1.165) is 23.2 Å². The molecule has 0 aliphatic carbocycles. The summed E-state index contributed by atoms with van der Waals surface area (Å²) in [5, 5.41) is 1.94. The zero-order chi connectivity index (χ0) is 13.0. The number of hydrogen-bond donors (Lipinski definition) is 1. The number of aromatic amines is 1. The molecule has 2 saturated heterocycles. The molecule has 2 unspecified atom stereocenters. The maximum atomic E-state index is 12.7. The Morgan fingerprint density at radius 1 is 1.32 bits per heavy atom. The molecule has 2 aliphatic rings. The predicted molar refractivity (Wildman–Crippen MR) is 79.5 cm³/mol. The summed E-state index contributed by atoms with van der Waals surface area (Å²) in [5.74, 6) is 0. The average molecular weight is 293 g/mol. The standard InChI is InChI=1S/C13H15N3OS2/c17-12-11-8(4-7-19-11)14-13(18)16(12)10-3-6-15-5-1-2-9(10)15/h4,7,9-10H,1-3,5-6H2,(H,14,18). The molecule has 0 aromatic carbocycles. The van der Waals surface area contributed by atoms with Gasteiger partial charge in [-0.05, 0) is 49.5 Å². The lowest BCUT2D eigenvalue weighted by Crippen LogP contribution is -2.33. The summed E-state index contributed by atoms with van der Waals surface area (Å²) < 4.78 is 3.21. The molecule has 2 atom stereocenters. The highest BCUT2D eigenvalue weighted by molar-refractivity contribution is 7.71. The van der Waals surface area contributed by atoms with Crippen molar-refractivity contribution in [1.29, 1.82) is 0 Å². The minimum atomic E-state index is 0.0903. The Balaban J connectivity index is 1.91. The lowest BCUT2D eigenvalue weighted by atomic mass is 10.1. The van der Waals surface area contributed by atoms with Crippen molar-refractivity contribution >= 4 is 33.8 Å². The Bertz CT molecular complexity index is 744. The van der Waals surface area contributed by atoms with Crippen LogP contribution in [-0.2, 0) is 0 Å². The molecule has 4 rings (SSSR count). The van der Waals surface area contributed by atoms with E-state index in [1.807, 2.05) is 16.0 Å². The van der Waals surface area contributed by atoms with Crippen LogP contribution in [0.15, 0.2) is 16.2 Å². The van der Waals surface area contributed by atoms with E-state index in [4.69, 9.17) is 12.2 Å². The summed E-state index contributed by atoms with van der Waals surface area (Å²) in [6, 6.07) is 2.69. The van der Waals surface area contributed by atoms with E-state index in [1.165, 1.54) is 30.7 Å². The SMILES string of the molecule is O=c1c2sccc2[nH]c(=S)n1C1CCN2CCCC12. The van der Waals surface area contributed by atoms with Crippen molar-refractivity contribution in [3.8, 4) is 0 Å². The van der Waals surface area contributed by atoms with Crippen LogP contribution in [0.5, 0.6) is 0 Å². The van der Waals surface area contributed by atoms with Gasteiger partial charge in [-0.15, -0.1) is 11.3 Å². The van der Waals surface area contributed by atoms with E-state index in [-0.39, 0.29) is 11.6 Å². The lowest BCUT2D eigenvalue weighted by molar-refractivity contribution is 0.286. The Morgan fingerprint density at radius 2 is 2.21 bits per heavy atom. The van der Waals surface area contributed by atoms with Gasteiger partial charge in [-0.25, -0.2) is 0 Å². The molecule has 1 N–H and O–H groups in total. The largest absolute Gasteiger partial charge is 0.331 e. The molecular formula is C13H15N3OS2. The van der Waals surface area contributed by atoms with Crippen LogP contribution in [0.2, 0.25) is 0 Å². The average Bonchev–Trinajstić information content (AvgIpc) is 3.04. The summed E-state index contributed by atoms with van der Waals surface area (Å²) in [7, 11) is 0. The number of nitrogens with zero attached hydrogens (tertiary/aromatic N) is 2. The van der Waals surface area contributed by atoms with Gasteiger partial charge in [0.2, 0.25) is 0 Å². The zero-order valence-corrected chi connectivity index (χ0v) is 12.1. The molecular weight excluding hydrogens is 278 g/mol. The first-order chi connectivity index (χ1) is 9.25. The Morgan fingerprint density at radius 3 is 3.11 bits per heavy atom. The Kier molecular flexibility index (Phi) is 2.65. The van der Waals surface area contributed by atoms with E-state index in [2.05, 4.69) is 9.88 Å². The fraction of sp³-hybridized carbons (Fsp3) is 0.538. The normalized spacial score (nSPS) is 27.2. The molecule has 0 amide bonds. The minimum Gasteiger partial charge on any atom is -0.331 e. The zero-order valence-electron chi connectivity index (χ0n) is 10.5. The molecule has 0 bridgehead atoms. The second-order valence-electron chi connectivity index (χ2n) is 5.37. The van der Waals surface area contributed by atoms with Crippen molar-refractivity contribution in [2.75, 3.05) is 13.1 Å². The van der Waals surface area contributed by atoms with Gasteiger partial charge in [0.1, 0.15) is 4.70 Å². The fourth-order valence-corrected chi connectivity index (χ4v) is 4.72. The van der Waals surface area contributed by atoms with Gasteiger partial charge in [-0.3, -0.25) is 14.3 Å². The van der Waals surface area contributed by atoms with Crippen LogP contribution in [0.4, 0.5) is 0 Å². The van der Waals surface area contributed by atoms with Gasteiger partial charge in [0.15, 0.2) is 4.77 Å². The van der Waals surface area contributed by atoms with Crippen molar-refractivity contribution in [3.05, 3.63) is 26.6 Å². The van der Waals surface area contributed by atoms with E-state index in [0.29, 0.717) is 10.8 Å². The van der Waals surface area contributed by atoms with E-state index < -0.39 is 0 Å². The molecule has 4 heterocycles. The molecule has 6 heteroatoms. The van der Waals surface area contributed by atoms with E-state index in [1.54, 1.807) is 0 Å². The topological polar surface area (TPSA) is 41.0 Å². The van der Waals surface area contributed by atoms with Crippen LogP contribution >= 0.6 is 23.6 Å². The second kappa shape index (κ2) is 4.26. The fourth-order valence-electron chi connectivity index (χ4n) is 3.61. The lowest BCUT2D eigenvalue weighted by Gasteiger charge is -2.22. The molecule has 19 heavy (non-hydrogen) atoms. The minimum absolute atomic E-state index is 0.0903. The van der Waals surface area contributed by atoms with Gasteiger partial charge in [-0.1, -0.05) is 0 Å². The van der Waals surface area contributed by atoms with Crippen LogP contribution in [0, 0.1) is 4.77 Å². The third kappa shape index (κ3) is 1.67. The van der Waals surface area contributed by atoms with Gasteiger partial charge in [-0.2, -0.15) is 0 Å².